The summed E-state index contributed by atoms with van der Waals surface area (Å²) < 4.78 is 41.2. The van der Waals surface area contributed by atoms with Gasteiger partial charge in [-0.25, -0.2) is 4.98 Å². The van der Waals surface area contributed by atoms with Crippen LogP contribution in [0.25, 0.3) is 10.2 Å². The monoisotopic (exact) mass is 430 g/mol. The quantitative estimate of drug-likeness (QED) is 0.584. The molecule has 0 aliphatic carbocycles. The fraction of sp³-hybridized carbons (Fsp3) is 0.412. The van der Waals surface area contributed by atoms with Gasteiger partial charge in [0.15, 0.2) is 5.13 Å². The summed E-state index contributed by atoms with van der Waals surface area (Å²) in [6.45, 7) is 0.274. The van der Waals surface area contributed by atoms with Crippen LogP contribution in [0.1, 0.15) is 25.7 Å². The van der Waals surface area contributed by atoms with E-state index in [0.29, 0.717) is 29.5 Å². The number of ether oxygens (including phenoxy) is 1. The molecule has 2 heterocycles. The summed E-state index contributed by atoms with van der Waals surface area (Å²) in [5.74, 6) is -1.13. The molecule has 0 bridgehead atoms. The van der Waals surface area contributed by atoms with Crippen LogP contribution < -0.4 is 20.7 Å². The molecule has 1 aliphatic rings. The standard InChI is InChI=1S/C17H17F3N4O4S/c18-17(19,20)28-9-3-4-10-12(8-9)29-16(23-10)24-13(25)2-1-7-21-15(27)11-5-6-14(26)22-11/h3-4,8,11H,1-2,5-7H2,(H,21,27)(H,22,26)(H,23,24,25)/t11-/m1/s1. The van der Waals surface area contributed by atoms with E-state index in [1.807, 2.05) is 0 Å². The summed E-state index contributed by atoms with van der Waals surface area (Å²) in [5, 5.41) is 8.05. The molecule has 0 spiro atoms. The lowest BCUT2D eigenvalue weighted by Crippen LogP contribution is -2.42. The average Bonchev–Trinajstić information content (AvgIpc) is 3.22. The largest absolute Gasteiger partial charge is 0.573 e. The second-order valence-electron chi connectivity index (χ2n) is 6.30. The number of carbonyl (C=O) groups excluding carboxylic acids is 3. The Morgan fingerprint density at radius 3 is 2.83 bits per heavy atom. The Balaban J connectivity index is 1.44. The smallest absolute Gasteiger partial charge is 0.406 e. The third kappa shape index (κ3) is 6.04. The lowest BCUT2D eigenvalue weighted by molar-refractivity contribution is -0.274. The number of halogens is 3. The number of amides is 3. The molecule has 3 rings (SSSR count). The van der Waals surface area contributed by atoms with Crippen molar-refractivity contribution in [3.63, 3.8) is 0 Å². The van der Waals surface area contributed by atoms with Crippen molar-refractivity contribution in [2.24, 2.45) is 0 Å². The molecule has 1 aromatic carbocycles. The van der Waals surface area contributed by atoms with Crippen LogP contribution in [-0.4, -0.2) is 41.7 Å². The number of hydrogen-bond donors (Lipinski definition) is 3. The predicted octanol–water partition coefficient (Wildman–Crippen LogP) is 2.31. The van der Waals surface area contributed by atoms with Gasteiger partial charge in [-0.3, -0.25) is 14.4 Å². The van der Waals surface area contributed by atoms with Crippen molar-refractivity contribution >= 4 is 44.4 Å². The van der Waals surface area contributed by atoms with Crippen LogP contribution in [0, 0.1) is 0 Å². The third-order valence-corrected chi connectivity index (χ3v) is 4.97. The first-order chi connectivity index (χ1) is 13.7. The van der Waals surface area contributed by atoms with Crippen LogP contribution in [0.3, 0.4) is 0 Å². The number of anilines is 1. The van der Waals surface area contributed by atoms with Gasteiger partial charge in [-0.15, -0.1) is 13.2 Å². The number of fused-ring (bicyclic) bond motifs is 1. The zero-order chi connectivity index (χ0) is 21.0. The van der Waals surface area contributed by atoms with Crippen molar-refractivity contribution in [3.8, 4) is 5.75 Å². The topological polar surface area (TPSA) is 109 Å². The molecular weight excluding hydrogens is 413 g/mol. The normalized spacial score (nSPS) is 16.5. The van der Waals surface area contributed by atoms with E-state index in [9.17, 15) is 27.6 Å². The molecule has 12 heteroatoms. The summed E-state index contributed by atoms with van der Waals surface area (Å²) in [7, 11) is 0. The van der Waals surface area contributed by atoms with E-state index in [1.54, 1.807) is 0 Å². The van der Waals surface area contributed by atoms with E-state index in [2.05, 4.69) is 25.7 Å². The molecule has 1 aliphatic heterocycles. The SMILES string of the molecule is O=C(CCCNC(=O)[C@H]1CCC(=O)N1)Nc1nc2ccc(OC(F)(F)F)cc2s1. The van der Waals surface area contributed by atoms with Gasteiger partial charge in [0.1, 0.15) is 11.8 Å². The number of aromatic nitrogens is 1. The van der Waals surface area contributed by atoms with E-state index < -0.39 is 12.4 Å². The van der Waals surface area contributed by atoms with Crippen LogP contribution in [0.15, 0.2) is 18.2 Å². The molecule has 0 radical (unpaired) electrons. The van der Waals surface area contributed by atoms with E-state index in [1.165, 1.54) is 12.1 Å². The van der Waals surface area contributed by atoms with Crippen molar-refractivity contribution < 1.29 is 32.3 Å². The van der Waals surface area contributed by atoms with Gasteiger partial charge in [-0.05, 0) is 25.0 Å². The Morgan fingerprint density at radius 2 is 2.14 bits per heavy atom. The summed E-state index contributed by atoms with van der Waals surface area (Å²) in [5.41, 5.74) is 0.436. The summed E-state index contributed by atoms with van der Waals surface area (Å²) in [4.78, 5) is 39.1. The van der Waals surface area contributed by atoms with Gasteiger partial charge in [0.05, 0.1) is 10.2 Å². The summed E-state index contributed by atoms with van der Waals surface area (Å²) >= 11 is 1.03. The molecule has 0 saturated carbocycles. The van der Waals surface area contributed by atoms with Crippen molar-refractivity contribution in [1.29, 1.82) is 0 Å². The van der Waals surface area contributed by atoms with Crippen LogP contribution in [-0.2, 0) is 14.4 Å². The molecule has 0 unspecified atom stereocenters. The maximum atomic E-state index is 12.3. The van der Waals surface area contributed by atoms with Crippen molar-refractivity contribution in [2.75, 3.05) is 11.9 Å². The molecule has 156 valence electrons. The second kappa shape index (κ2) is 8.64. The van der Waals surface area contributed by atoms with Crippen LogP contribution >= 0.6 is 11.3 Å². The van der Waals surface area contributed by atoms with Crippen LogP contribution in [0.5, 0.6) is 5.75 Å². The molecule has 3 amide bonds. The fourth-order valence-electron chi connectivity index (χ4n) is 2.73. The molecular formula is C17H17F3N4O4S. The Morgan fingerprint density at radius 1 is 1.34 bits per heavy atom. The first-order valence-electron chi connectivity index (χ1n) is 8.73. The zero-order valence-electron chi connectivity index (χ0n) is 15.0. The predicted molar refractivity (Wildman–Crippen MR) is 98.3 cm³/mol. The molecule has 1 atom stereocenters. The van der Waals surface area contributed by atoms with E-state index >= 15 is 0 Å². The minimum atomic E-state index is -4.78. The van der Waals surface area contributed by atoms with Crippen molar-refractivity contribution in [1.82, 2.24) is 15.6 Å². The third-order valence-electron chi connectivity index (χ3n) is 4.03. The molecule has 29 heavy (non-hydrogen) atoms. The molecule has 2 aromatic rings. The number of carbonyl (C=O) groups is 3. The minimum Gasteiger partial charge on any atom is -0.406 e. The maximum absolute atomic E-state index is 12.3. The highest BCUT2D eigenvalue weighted by molar-refractivity contribution is 7.22. The fourth-order valence-corrected chi connectivity index (χ4v) is 3.64. The lowest BCUT2D eigenvalue weighted by atomic mass is 10.2. The van der Waals surface area contributed by atoms with Gasteiger partial charge < -0.3 is 20.7 Å². The number of thiazole rings is 1. The maximum Gasteiger partial charge on any atom is 0.573 e. The van der Waals surface area contributed by atoms with Gasteiger partial charge in [0.25, 0.3) is 0 Å². The van der Waals surface area contributed by atoms with Crippen LogP contribution in [0.4, 0.5) is 18.3 Å². The van der Waals surface area contributed by atoms with Gasteiger partial charge in [0, 0.05) is 25.5 Å². The number of alkyl halides is 3. The van der Waals surface area contributed by atoms with Gasteiger partial charge >= 0.3 is 6.36 Å². The molecule has 8 nitrogen and oxygen atoms in total. The van der Waals surface area contributed by atoms with Crippen molar-refractivity contribution in [3.05, 3.63) is 18.2 Å². The Bertz CT molecular complexity index is 931. The molecule has 1 saturated heterocycles. The number of hydrogen-bond acceptors (Lipinski definition) is 6. The number of nitrogens with one attached hydrogen (secondary N) is 3. The van der Waals surface area contributed by atoms with E-state index in [4.69, 9.17) is 0 Å². The highest BCUT2D eigenvalue weighted by Crippen LogP contribution is 2.31. The van der Waals surface area contributed by atoms with Crippen molar-refractivity contribution in [2.45, 2.75) is 38.1 Å². The first-order valence-corrected chi connectivity index (χ1v) is 9.54. The first kappa shape index (κ1) is 20.8. The Hall–Kier alpha value is -2.89. The Kier molecular flexibility index (Phi) is 6.20. The second-order valence-corrected chi connectivity index (χ2v) is 7.33. The zero-order valence-corrected chi connectivity index (χ0v) is 15.8. The summed E-state index contributed by atoms with van der Waals surface area (Å²) in [6, 6.07) is 3.20. The van der Waals surface area contributed by atoms with E-state index in [-0.39, 0.29) is 41.6 Å². The van der Waals surface area contributed by atoms with Gasteiger partial charge in [0.2, 0.25) is 17.7 Å². The van der Waals surface area contributed by atoms with Gasteiger partial charge in [-0.2, -0.15) is 0 Å². The minimum absolute atomic E-state index is 0.121. The number of benzene rings is 1. The lowest BCUT2D eigenvalue weighted by Gasteiger charge is -2.10. The number of nitrogens with zero attached hydrogens (tertiary/aromatic N) is 1. The highest BCUT2D eigenvalue weighted by Gasteiger charge is 2.31. The number of rotatable bonds is 7. The molecule has 1 aromatic heterocycles. The molecule has 3 N–H and O–H groups in total. The average molecular weight is 430 g/mol. The summed E-state index contributed by atoms with van der Waals surface area (Å²) in [6.07, 6.45) is -3.50. The van der Waals surface area contributed by atoms with E-state index in [0.717, 1.165) is 17.4 Å². The highest BCUT2D eigenvalue weighted by atomic mass is 32.1. The Labute approximate surface area is 166 Å². The molecule has 1 fully saturated rings. The van der Waals surface area contributed by atoms with Gasteiger partial charge in [-0.1, -0.05) is 11.3 Å². The van der Waals surface area contributed by atoms with Crippen LogP contribution in [0.2, 0.25) is 0 Å².